The van der Waals surface area contributed by atoms with Crippen molar-refractivity contribution in [2.45, 2.75) is 9.79 Å². The minimum Gasteiger partial charge on any atom is -1.00 e. The van der Waals surface area contributed by atoms with Crippen LogP contribution in [0.1, 0.15) is 0 Å². The topological polar surface area (TPSA) is 0 Å². The van der Waals surface area contributed by atoms with Crippen molar-refractivity contribution in [3.8, 4) is 0 Å². The molecule has 0 aliphatic carbocycles. The first-order valence-corrected chi connectivity index (χ1v) is 7.19. The monoisotopic (exact) mass is 420 g/mol. The van der Waals surface area contributed by atoms with Crippen molar-refractivity contribution in [1.29, 1.82) is 0 Å². The number of rotatable bonds is 2. The van der Waals surface area contributed by atoms with Crippen molar-refractivity contribution in [2.75, 3.05) is 0 Å². The first-order valence-electron chi connectivity index (χ1n) is 6.37. The Morgan fingerprint density at radius 3 is 1.45 bits per heavy atom. The maximum absolute atomic E-state index is 2.26. The van der Waals surface area contributed by atoms with Gasteiger partial charge in [0, 0.05) is 0 Å². The van der Waals surface area contributed by atoms with Crippen LogP contribution >= 0.6 is 11.8 Å². The number of halogens is 2. The first-order chi connectivity index (χ1) is 9.38. The van der Waals surface area contributed by atoms with Gasteiger partial charge in [0.25, 0.3) is 0 Å². The van der Waals surface area contributed by atoms with E-state index in [2.05, 4.69) is 72.8 Å². The fourth-order valence-corrected chi connectivity index (χ4v) is 3.51. The van der Waals surface area contributed by atoms with Crippen LogP contribution in [0.2, 0.25) is 0 Å². The molecule has 0 aliphatic heterocycles. The van der Waals surface area contributed by atoms with Gasteiger partial charge in [0.05, 0.1) is 0 Å². The van der Waals surface area contributed by atoms with Crippen LogP contribution in [-0.2, 0) is 26.2 Å². The molecule has 0 radical (unpaired) electrons. The molecule has 4 aromatic carbocycles. The van der Waals surface area contributed by atoms with Gasteiger partial charge in [-0.25, -0.2) is 0 Å². The molecule has 0 aliphatic rings. The Morgan fingerprint density at radius 2 is 1.05 bits per heavy atom. The molecule has 0 saturated carbocycles. The molecule has 0 bridgehead atoms. The molecule has 0 nitrogen and oxygen atoms in total. The van der Waals surface area contributed by atoms with Crippen LogP contribution in [-0.4, -0.2) is 0 Å². The van der Waals surface area contributed by atoms with Gasteiger partial charge in [-0.2, -0.15) is 12.1 Å². The van der Waals surface area contributed by atoms with E-state index in [-0.39, 0.29) is 51.0 Å². The van der Waals surface area contributed by atoms with Crippen molar-refractivity contribution in [1.82, 2.24) is 0 Å². The van der Waals surface area contributed by atoms with E-state index >= 15 is 0 Å². The van der Waals surface area contributed by atoms with Gasteiger partial charge in [-0.15, -0.1) is 81.8 Å². The molecular formula is C18H12Cl2SZr. The van der Waals surface area contributed by atoms with Crippen LogP contribution in [0.25, 0.3) is 21.5 Å². The quantitative estimate of drug-likeness (QED) is 0.396. The normalized spacial score (nSPS) is 9.82. The molecule has 0 amide bonds. The Balaban J connectivity index is 0.000000807. The summed E-state index contributed by atoms with van der Waals surface area (Å²) in [6.07, 6.45) is 0. The zero-order valence-electron chi connectivity index (χ0n) is 11.6. The Kier molecular flexibility index (Phi) is 7.42. The first kappa shape index (κ1) is 19.5. The van der Waals surface area contributed by atoms with Gasteiger partial charge >= 0.3 is 26.2 Å². The predicted molar refractivity (Wildman–Crippen MR) is 83.2 cm³/mol. The molecule has 0 spiro atoms. The molecule has 0 fully saturated rings. The van der Waals surface area contributed by atoms with E-state index < -0.39 is 0 Å². The zero-order chi connectivity index (χ0) is 12.7. The summed E-state index contributed by atoms with van der Waals surface area (Å²) in [5.74, 6) is 0. The van der Waals surface area contributed by atoms with Crippen molar-refractivity contribution < 1.29 is 51.0 Å². The van der Waals surface area contributed by atoms with Crippen LogP contribution in [0.3, 0.4) is 0 Å². The molecule has 4 heteroatoms. The van der Waals surface area contributed by atoms with E-state index in [9.17, 15) is 0 Å². The molecule has 4 aromatic rings. The summed E-state index contributed by atoms with van der Waals surface area (Å²) < 4.78 is 0. The maximum Gasteiger partial charge on any atom is 4.00 e. The summed E-state index contributed by atoms with van der Waals surface area (Å²) in [6, 6.07) is 26.1. The van der Waals surface area contributed by atoms with E-state index in [1.54, 1.807) is 0 Å². The van der Waals surface area contributed by atoms with E-state index in [0.717, 1.165) is 0 Å². The van der Waals surface area contributed by atoms with Gasteiger partial charge < -0.3 is 24.8 Å². The largest absolute Gasteiger partial charge is 4.00 e. The fraction of sp³-hybridized carbons (Fsp3) is 0. The van der Waals surface area contributed by atoms with Crippen molar-refractivity contribution in [3.63, 3.8) is 0 Å². The third-order valence-corrected chi connectivity index (χ3v) is 4.36. The number of hydrogen-bond donors (Lipinski definition) is 0. The SMILES string of the molecule is [Cl-].[Cl-].[Zr+4].c1ccc2[cH-]c(Sc3cc4ccccc4[cH-]3)cc2c1. The summed E-state index contributed by atoms with van der Waals surface area (Å²) in [5, 5.41) is 5.28. The predicted octanol–water partition coefficient (Wildman–Crippen LogP) is -0.412. The second-order valence-electron chi connectivity index (χ2n) is 4.74. The summed E-state index contributed by atoms with van der Waals surface area (Å²) in [5.41, 5.74) is 0. The molecule has 0 unspecified atom stereocenters. The third kappa shape index (κ3) is 3.86. The zero-order valence-corrected chi connectivity index (χ0v) is 16.4. The van der Waals surface area contributed by atoms with E-state index in [1.807, 2.05) is 11.8 Å². The van der Waals surface area contributed by atoms with Crippen LogP contribution in [0.5, 0.6) is 0 Å². The standard InChI is InChI=1S/C18H12S.2ClH.Zr/c1-2-6-14-10-17(9-13(14)5-1)19-18-11-15-7-3-4-8-16(15)12-18;;;/h1-12H;2*1H;/q-2;;;+4/p-2. The van der Waals surface area contributed by atoms with E-state index in [4.69, 9.17) is 0 Å². The van der Waals surface area contributed by atoms with Crippen molar-refractivity contribution >= 4 is 33.3 Å². The molecule has 0 N–H and O–H groups in total. The third-order valence-electron chi connectivity index (χ3n) is 3.42. The van der Waals surface area contributed by atoms with Gasteiger partial charge in [-0.3, -0.25) is 0 Å². The molecule has 22 heavy (non-hydrogen) atoms. The maximum atomic E-state index is 2.26. The fourth-order valence-electron chi connectivity index (χ4n) is 2.50. The van der Waals surface area contributed by atoms with Crippen molar-refractivity contribution in [2.24, 2.45) is 0 Å². The van der Waals surface area contributed by atoms with Crippen LogP contribution < -0.4 is 24.8 Å². The second-order valence-corrected chi connectivity index (χ2v) is 5.89. The summed E-state index contributed by atoms with van der Waals surface area (Å²) in [4.78, 5) is 2.63. The van der Waals surface area contributed by atoms with Gasteiger partial charge in [-0.1, -0.05) is 21.9 Å². The van der Waals surface area contributed by atoms with Crippen LogP contribution in [0, 0.1) is 0 Å². The number of fused-ring (bicyclic) bond motifs is 2. The smallest absolute Gasteiger partial charge is 1.00 e. The number of hydrogen-bond acceptors (Lipinski definition) is 1. The minimum absolute atomic E-state index is 0. The Bertz CT molecular complexity index is 725. The van der Waals surface area contributed by atoms with Gasteiger partial charge in [0.2, 0.25) is 0 Å². The van der Waals surface area contributed by atoms with Gasteiger partial charge in [0.15, 0.2) is 0 Å². The Morgan fingerprint density at radius 1 is 0.636 bits per heavy atom. The Labute approximate surface area is 166 Å². The molecule has 0 saturated heterocycles. The second kappa shape index (κ2) is 8.36. The average Bonchev–Trinajstić information content (AvgIpc) is 3.00. The minimum atomic E-state index is 0. The van der Waals surface area contributed by atoms with Crippen LogP contribution in [0.4, 0.5) is 0 Å². The summed E-state index contributed by atoms with van der Waals surface area (Å²) in [6.45, 7) is 0. The average molecular weight is 422 g/mol. The Hall–Kier alpha value is -0.527. The van der Waals surface area contributed by atoms with Gasteiger partial charge in [-0.05, 0) is 0 Å². The van der Waals surface area contributed by atoms with Gasteiger partial charge in [0.1, 0.15) is 0 Å². The van der Waals surface area contributed by atoms with E-state index in [0.29, 0.717) is 0 Å². The molecule has 4 rings (SSSR count). The summed E-state index contributed by atoms with van der Waals surface area (Å²) >= 11 is 1.84. The molecule has 0 atom stereocenters. The molecule has 0 aromatic heterocycles. The van der Waals surface area contributed by atoms with Crippen LogP contribution in [0.15, 0.2) is 82.6 Å². The molecule has 0 heterocycles. The molecule has 108 valence electrons. The molecular weight excluding hydrogens is 410 g/mol. The van der Waals surface area contributed by atoms with Crippen molar-refractivity contribution in [3.05, 3.63) is 72.8 Å². The number of benzene rings is 2. The van der Waals surface area contributed by atoms with E-state index in [1.165, 1.54) is 31.3 Å². The summed E-state index contributed by atoms with van der Waals surface area (Å²) in [7, 11) is 0.